The zero-order chi connectivity index (χ0) is 15.8. The average Bonchev–Trinajstić information content (AvgIpc) is 2.56. The summed E-state index contributed by atoms with van der Waals surface area (Å²) in [6.45, 7) is 0.348. The summed E-state index contributed by atoms with van der Waals surface area (Å²) in [6, 6.07) is 17.0. The molecule has 0 saturated heterocycles. The molecule has 2 aromatic carbocycles. The van der Waals surface area contributed by atoms with E-state index >= 15 is 0 Å². The van der Waals surface area contributed by atoms with Crippen LogP contribution in [0.3, 0.4) is 0 Å². The molecular formula is C18H19BrF2O. The highest BCUT2D eigenvalue weighted by atomic mass is 79.9. The zero-order valence-electron chi connectivity index (χ0n) is 12.2. The maximum atomic E-state index is 13.2. The van der Waals surface area contributed by atoms with Gasteiger partial charge in [0.25, 0.3) is 6.43 Å². The van der Waals surface area contributed by atoms with Crippen LogP contribution >= 0.6 is 15.9 Å². The smallest absolute Gasteiger partial charge is 0.268 e. The van der Waals surface area contributed by atoms with Gasteiger partial charge in [-0.3, -0.25) is 0 Å². The first kappa shape index (κ1) is 17.1. The van der Waals surface area contributed by atoms with Crippen molar-refractivity contribution in [2.45, 2.75) is 25.4 Å². The largest absolute Gasteiger partial charge is 0.368 e. The summed E-state index contributed by atoms with van der Waals surface area (Å²) in [4.78, 5) is 0. The third kappa shape index (κ3) is 4.89. The van der Waals surface area contributed by atoms with E-state index in [9.17, 15) is 8.78 Å². The molecular weight excluding hydrogens is 350 g/mol. The molecule has 0 aliphatic heterocycles. The maximum Gasteiger partial charge on any atom is 0.268 e. The predicted octanol–water partition coefficient (Wildman–Crippen LogP) is 5.85. The SMILES string of the molecule is FC(F)C(OCCCCBr)c1ccc(-c2ccccc2)cc1. The van der Waals surface area contributed by atoms with Gasteiger partial charge in [-0.2, -0.15) is 0 Å². The Morgan fingerprint density at radius 2 is 1.50 bits per heavy atom. The molecule has 2 rings (SSSR count). The minimum absolute atomic E-state index is 0.348. The molecule has 0 N–H and O–H groups in total. The van der Waals surface area contributed by atoms with Gasteiger partial charge in [0, 0.05) is 11.9 Å². The molecule has 0 saturated carbocycles. The molecule has 0 amide bonds. The molecule has 0 aliphatic rings. The van der Waals surface area contributed by atoms with Gasteiger partial charge >= 0.3 is 0 Å². The van der Waals surface area contributed by atoms with Gasteiger partial charge < -0.3 is 4.74 Å². The van der Waals surface area contributed by atoms with Gasteiger partial charge in [-0.1, -0.05) is 70.5 Å². The molecule has 1 atom stereocenters. The number of hydrogen-bond acceptors (Lipinski definition) is 1. The number of rotatable bonds is 8. The van der Waals surface area contributed by atoms with E-state index in [1.165, 1.54) is 0 Å². The lowest BCUT2D eigenvalue weighted by Crippen LogP contribution is -2.14. The summed E-state index contributed by atoms with van der Waals surface area (Å²) in [5.41, 5.74) is 2.60. The van der Waals surface area contributed by atoms with Gasteiger partial charge in [0.15, 0.2) is 0 Å². The molecule has 1 nitrogen and oxygen atoms in total. The first-order chi connectivity index (χ1) is 10.7. The zero-order valence-corrected chi connectivity index (χ0v) is 13.8. The predicted molar refractivity (Wildman–Crippen MR) is 89.6 cm³/mol. The van der Waals surface area contributed by atoms with Crippen LogP contribution < -0.4 is 0 Å². The summed E-state index contributed by atoms with van der Waals surface area (Å²) in [5.74, 6) is 0. The molecule has 0 spiro atoms. The average molecular weight is 369 g/mol. The molecule has 22 heavy (non-hydrogen) atoms. The molecule has 0 aliphatic carbocycles. The molecule has 1 unspecified atom stereocenters. The minimum atomic E-state index is -2.52. The van der Waals surface area contributed by atoms with Crippen LogP contribution in [0, 0.1) is 0 Å². The molecule has 0 radical (unpaired) electrons. The Labute approximate surface area is 138 Å². The Morgan fingerprint density at radius 1 is 0.864 bits per heavy atom. The van der Waals surface area contributed by atoms with E-state index in [0.717, 1.165) is 29.3 Å². The van der Waals surface area contributed by atoms with Crippen molar-refractivity contribution in [1.82, 2.24) is 0 Å². The van der Waals surface area contributed by atoms with Crippen molar-refractivity contribution in [3.05, 3.63) is 60.2 Å². The number of benzene rings is 2. The van der Waals surface area contributed by atoms with E-state index in [-0.39, 0.29) is 0 Å². The first-order valence-electron chi connectivity index (χ1n) is 7.33. The molecule has 0 heterocycles. The summed E-state index contributed by atoms with van der Waals surface area (Å²) in [5, 5.41) is 0.863. The standard InChI is InChI=1S/C18H19BrF2O/c19-12-4-5-13-22-17(18(20)21)16-10-8-15(9-11-16)14-6-2-1-3-7-14/h1-3,6-11,17-18H,4-5,12-13H2. The summed E-state index contributed by atoms with van der Waals surface area (Å²) in [6.07, 6.45) is -1.98. The van der Waals surface area contributed by atoms with Crippen molar-refractivity contribution < 1.29 is 13.5 Å². The van der Waals surface area contributed by atoms with Crippen LogP contribution in [0.1, 0.15) is 24.5 Å². The summed E-state index contributed by atoms with van der Waals surface area (Å²) >= 11 is 3.32. The second kappa shape index (κ2) is 9.01. The maximum absolute atomic E-state index is 13.2. The fourth-order valence-electron chi connectivity index (χ4n) is 2.22. The molecule has 4 heteroatoms. The highest BCUT2D eigenvalue weighted by Crippen LogP contribution is 2.27. The Hall–Kier alpha value is -1.26. The first-order valence-corrected chi connectivity index (χ1v) is 8.45. The number of unbranched alkanes of at least 4 members (excludes halogenated alkanes) is 1. The minimum Gasteiger partial charge on any atom is -0.368 e. The Balaban J connectivity index is 2.06. The van der Waals surface area contributed by atoms with Crippen molar-refractivity contribution in [2.75, 3.05) is 11.9 Å². The van der Waals surface area contributed by atoms with Crippen molar-refractivity contribution in [3.63, 3.8) is 0 Å². The quantitative estimate of drug-likeness (QED) is 0.419. The van der Waals surface area contributed by atoms with Crippen LogP contribution in [0.15, 0.2) is 54.6 Å². The van der Waals surface area contributed by atoms with Crippen molar-refractivity contribution in [3.8, 4) is 11.1 Å². The number of alkyl halides is 3. The van der Waals surface area contributed by atoms with Crippen LogP contribution in [-0.2, 0) is 4.74 Å². The Bertz CT molecular complexity index is 543. The van der Waals surface area contributed by atoms with Crippen molar-refractivity contribution in [1.29, 1.82) is 0 Å². The van der Waals surface area contributed by atoms with Gasteiger partial charge in [-0.15, -0.1) is 0 Å². The van der Waals surface area contributed by atoms with Gasteiger partial charge in [-0.25, -0.2) is 8.78 Å². The highest BCUT2D eigenvalue weighted by Gasteiger charge is 2.22. The van der Waals surface area contributed by atoms with Gasteiger partial charge in [-0.05, 0) is 29.5 Å². The van der Waals surface area contributed by atoms with Crippen LogP contribution in [0.5, 0.6) is 0 Å². The van der Waals surface area contributed by atoms with Gasteiger partial charge in [0.2, 0.25) is 0 Å². The molecule has 0 bridgehead atoms. The van der Waals surface area contributed by atoms with E-state index in [1.54, 1.807) is 12.1 Å². The third-order valence-electron chi connectivity index (χ3n) is 3.40. The summed E-state index contributed by atoms with van der Waals surface area (Å²) in [7, 11) is 0. The van der Waals surface area contributed by atoms with E-state index in [2.05, 4.69) is 15.9 Å². The fraction of sp³-hybridized carbons (Fsp3) is 0.333. The van der Waals surface area contributed by atoms with Crippen molar-refractivity contribution in [2.24, 2.45) is 0 Å². The second-order valence-electron chi connectivity index (χ2n) is 5.01. The normalized spacial score (nSPS) is 12.5. The number of ether oxygens (including phenoxy) is 1. The molecule has 0 fully saturated rings. The van der Waals surface area contributed by atoms with E-state index in [0.29, 0.717) is 12.2 Å². The van der Waals surface area contributed by atoms with Crippen LogP contribution in [-0.4, -0.2) is 18.4 Å². The lowest BCUT2D eigenvalue weighted by Gasteiger charge is -2.18. The topological polar surface area (TPSA) is 9.23 Å². The third-order valence-corrected chi connectivity index (χ3v) is 3.96. The van der Waals surface area contributed by atoms with E-state index < -0.39 is 12.5 Å². The summed E-state index contributed by atoms with van der Waals surface area (Å²) < 4.78 is 31.7. The van der Waals surface area contributed by atoms with Crippen LogP contribution in [0.4, 0.5) is 8.78 Å². The second-order valence-corrected chi connectivity index (χ2v) is 5.80. The number of halogens is 3. The van der Waals surface area contributed by atoms with Crippen LogP contribution in [0.25, 0.3) is 11.1 Å². The molecule has 2 aromatic rings. The van der Waals surface area contributed by atoms with Crippen LogP contribution in [0.2, 0.25) is 0 Å². The van der Waals surface area contributed by atoms with Crippen molar-refractivity contribution >= 4 is 15.9 Å². The Morgan fingerprint density at radius 3 is 2.09 bits per heavy atom. The molecule has 118 valence electrons. The van der Waals surface area contributed by atoms with Gasteiger partial charge in [0.05, 0.1) is 0 Å². The highest BCUT2D eigenvalue weighted by molar-refractivity contribution is 9.09. The lowest BCUT2D eigenvalue weighted by atomic mass is 10.0. The van der Waals surface area contributed by atoms with E-state index in [1.807, 2.05) is 42.5 Å². The fourth-order valence-corrected chi connectivity index (χ4v) is 2.61. The van der Waals surface area contributed by atoms with Gasteiger partial charge in [0.1, 0.15) is 6.10 Å². The lowest BCUT2D eigenvalue weighted by molar-refractivity contribution is -0.0585. The Kier molecular flexibility index (Phi) is 7.00. The van der Waals surface area contributed by atoms with E-state index in [4.69, 9.17) is 4.74 Å². The monoisotopic (exact) mass is 368 g/mol. The number of hydrogen-bond donors (Lipinski definition) is 0. The molecule has 0 aromatic heterocycles.